The molecule has 0 saturated carbocycles. The molecule has 0 saturated heterocycles. The van der Waals surface area contributed by atoms with Gasteiger partial charge in [-0.3, -0.25) is 0 Å². The lowest BCUT2D eigenvalue weighted by Gasteiger charge is -2.19. The van der Waals surface area contributed by atoms with Crippen LogP contribution >= 0.6 is 22.7 Å². The van der Waals surface area contributed by atoms with E-state index < -0.39 is 11.6 Å². The number of rotatable bonds is 3. The number of benzene rings is 8. The molecule has 0 unspecified atom stereocenters. The normalized spacial score (nSPS) is 12.1. The molecule has 7 heteroatoms. The maximum absolute atomic E-state index is 16.0. The zero-order valence-electron chi connectivity index (χ0n) is 29.3. The van der Waals surface area contributed by atoms with E-state index in [1.807, 2.05) is 24.3 Å². The average molecular weight is 758 g/mol. The molecule has 0 amide bonds. The maximum atomic E-state index is 16.0. The number of thiophene rings is 2. The molecule has 0 aliphatic heterocycles. The Labute approximate surface area is 325 Å². The Morgan fingerprint density at radius 2 is 0.875 bits per heavy atom. The molecule has 4 heterocycles. The number of hydrogen-bond donors (Lipinski definition) is 0. The highest BCUT2D eigenvalue weighted by molar-refractivity contribution is 7.27. The molecule has 0 fully saturated rings. The van der Waals surface area contributed by atoms with Crippen LogP contribution in [0.2, 0.25) is 0 Å². The summed E-state index contributed by atoms with van der Waals surface area (Å²) in [6.07, 6.45) is 0. The standard InChI is InChI=1S/C49H25F2N3S2/c50-37-14-9-15-38(51)45(37)27-24-41(53-39-16-5-1-10-28(39)32-20-22-34-30-12-3-7-18-43(30)55-48(34)46(32)53)36(26-52)42(25-27)54-40-17-6-2-11-29(40)33-21-23-35-31-13-4-8-19-44(31)56-49(35)47(33)54/h1-25H. The van der Waals surface area contributed by atoms with Crippen molar-refractivity contribution in [3.05, 3.63) is 169 Å². The Kier molecular flexibility index (Phi) is 6.51. The van der Waals surface area contributed by atoms with Gasteiger partial charge >= 0.3 is 0 Å². The third-order valence-electron chi connectivity index (χ3n) is 11.3. The minimum Gasteiger partial charge on any atom is -0.306 e. The molecule has 0 bridgehead atoms. The average Bonchev–Trinajstić information content (AvgIpc) is 3.98. The Balaban J connectivity index is 1.31. The first-order chi connectivity index (χ1) is 27.6. The van der Waals surface area contributed by atoms with E-state index in [-0.39, 0.29) is 5.56 Å². The summed E-state index contributed by atoms with van der Waals surface area (Å²) in [7, 11) is 0. The lowest BCUT2D eigenvalue weighted by molar-refractivity contribution is 0.589. The van der Waals surface area contributed by atoms with Gasteiger partial charge in [0.05, 0.1) is 48.4 Å². The number of para-hydroxylation sites is 2. The predicted octanol–water partition coefficient (Wildman–Crippen LogP) is 14.4. The first-order valence-corrected chi connectivity index (χ1v) is 19.9. The number of aromatic nitrogens is 2. The molecular weight excluding hydrogens is 733 g/mol. The van der Waals surface area contributed by atoms with Gasteiger partial charge in [0.1, 0.15) is 23.3 Å². The van der Waals surface area contributed by atoms with E-state index >= 15 is 8.78 Å². The van der Waals surface area contributed by atoms with Crippen molar-refractivity contribution in [3.8, 4) is 28.6 Å². The van der Waals surface area contributed by atoms with Gasteiger partial charge in [-0.1, -0.05) is 103 Å². The third-order valence-corrected chi connectivity index (χ3v) is 13.7. The molecule has 8 aromatic carbocycles. The van der Waals surface area contributed by atoms with E-state index in [4.69, 9.17) is 0 Å². The van der Waals surface area contributed by atoms with Crippen molar-refractivity contribution in [2.75, 3.05) is 0 Å². The number of hydrogen-bond acceptors (Lipinski definition) is 3. The molecule has 4 aromatic heterocycles. The Hall–Kier alpha value is -6.85. The molecule has 0 N–H and O–H groups in total. The smallest absolute Gasteiger partial charge is 0.133 e. The second-order valence-electron chi connectivity index (χ2n) is 14.2. The molecule has 56 heavy (non-hydrogen) atoms. The van der Waals surface area contributed by atoms with E-state index in [1.165, 1.54) is 18.2 Å². The minimum absolute atomic E-state index is 0.139. The van der Waals surface area contributed by atoms with Gasteiger partial charge in [0.2, 0.25) is 0 Å². The van der Waals surface area contributed by atoms with Crippen molar-refractivity contribution in [3.63, 3.8) is 0 Å². The highest BCUT2D eigenvalue weighted by Crippen LogP contribution is 2.47. The highest BCUT2D eigenvalue weighted by Gasteiger charge is 2.26. The van der Waals surface area contributed by atoms with Crippen molar-refractivity contribution >= 4 is 107 Å². The summed E-state index contributed by atoms with van der Waals surface area (Å²) in [5.41, 5.74) is 5.40. The number of fused-ring (bicyclic) bond motifs is 14. The Bertz CT molecular complexity index is 3480. The second-order valence-corrected chi connectivity index (χ2v) is 16.3. The van der Waals surface area contributed by atoms with Crippen molar-refractivity contribution in [2.24, 2.45) is 0 Å². The van der Waals surface area contributed by atoms with Crippen LogP contribution in [0.5, 0.6) is 0 Å². The number of halogens is 2. The van der Waals surface area contributed by atoms with Crippen LogP contribution in [-0.4, -0.2) is 9.13 Å². The lowest BCUT2D eigenvalue weighted by atomic mass is 9.99. The molecule has 0 spiro atoms. The monoisotopic (exact) mass is 757 g/mol. The Morgan fingerprint density at radius 1 is 0.446 bits per heavy atom. The highest BCUT2D eigenvalue weighted by atomic mass is 32.1. The van der Waals surface area contributed by atoms with Gasteiger partial charge in [0, 0.05) is 52.5 Å². The van der Waals surface area contributed by atoms with Gasteiger partial charge in [-0.05, 0) is 54.1 Å². The van der Waals surface area contributed by atoms with Gasteiger partial charge < -0.3 is 9.13 Å². The van der Waals surface area contributed by atoms with E-state index in [2.05, 4.69) is 112 Å². The number of nitrogens with zero attached hydrogens (tertiary/aromatic N) is 3. The van der Waals surface area contributed by atoms with Gasteiger partial charge in [-0.25, -0.2) is 8.78 Å². The molecule has 0 aliphatic rings. The third kappa shape index (κ3) is 4.17. The van der Waals surface area contributed by atoms with E-state index in [0.29, 0.717) is 22.5 Å². The summed E-state index contributed by atoms with van der Waals surface area (Å²) >= 11 is 3.43. The first kappa shape index (κ1) is 31.5. The molecular formula is C49H25F2N3S2. The first-order valence-electron chi connectivity index (χ1n) is 18.3. The van der Waals surface area contributed by atoms with Crippen molar-refractivity contribution in [1.82, 2.24) is 9.13 Å². The molecule has 262 valence electrons. The molecule has 0 radical (unpaired) electrons. The largest absolute Gasteiger partial charge is 0.306 e. The second kappa shape index (κ2) is 11.6. The van der Waals surface area contributed by atoms with Crippen LogP contribution in [0.15, 0.2) is 152 Å². The van der Waals surface area contributed by atoms with Gasteiger partial charge in [-0.2, -0.15) is 5.26 Å². The Morgan fingerprint density at radius 3 is 1.36 bits per heavy atom. The van der Waals surface area contributed by atoms with Crippen molar-refractivity contribution < 1.29 is 8.78 Å². The van der Waals surface area contributed by atoms with E-state index in [1.54, 1.807) is 34.8 Å². The summed E-state index contributed by atoms with van der Waals surface area (Å²) in [5.74, 6) is -1.34. The molecule has 0 atom stereocenters. The summed E-state index contributed by atoms with van der Waals surface area (Å²) in [6.45, 7) is 0. The van der Waals surface area contributed by atoms with Crippen molar-refractivity contribution in [2.45, 2.75) is 0 Å². The summed E-state index contributed by atoms with van der Waals surface area (Å²) in [6, 6.07) is 52.0. The summed E-state index contributed by atoms with van der Waals surface area (Å²) < 4.78 is 40.8. The molecule has 12 rings (SSSR count). The fraction of sp³-hybridized carbons (Fsp3) is 0. The molecule has 12 aromatic rings. The van der Waals surface area contributed by atoms with E-state index in [9.17, 15) is 5.26 Å². The quantitative estimate of drug-likeness (QED) is 0.177. The maximum Gasteiger partial charge on any atom is 0.133 e. The van der Waals surface area contributed by atoms with Gasteiger partial charge in [0.15, 0.2) is 0 Å². The molecule has 0 aliphatic carbocycles. The zero-order valence-corrected chi connectivity index (χ0v) is 31.0. The van der Waals surface area contributed by atoms with Crippen LogP contribution in [0.25, 0.3) is 106 Å². The fourth-order valence-corrected chi connectivity index (χ4v) is 11.4. The minimum atomic E-state index is -0.671. The van der Waals surface area contributed by atoms with Gasteiger partial charge in [0.25, 0.3) is 0 Å². The topological polar surface area (TPSA) is 33.6 Å². The number of nitriles is 1. The molecule has 3 nitrogen and oxygen atoms in total. The van der Waals surface area contributed by atoms with Crippen LogP contribution in [-0.2, 0) is 0 Å². The SMILES string of the molecule is N#Cc1c(-n2c3ccccc3c3ccc4c5ccccc5sc4c32)cc(-c2c(F)cccc2F)cc1-n1c2ccccc2c2ccc3c4ccccc4sc3c21. The van der Waals surface area contributed by atoms with Crippen LogP contribution in [0, 0.1) is 23.0 Å². The fourth-order valence-electron chi connectivity index (χ4n) is 8.96. The van der Waals surface area contributed by atoms with E-state index in [0.717, 1.165) is 84.0 Å². The van der Waals surface area contributed by atoms with Gasteiger partial charge in [-0.15, -0.1) is 22.7 Å². The van der Waals surface area contributed by atoms with Crippen LogP contribution in [0.1, 0.15) is 5.56 Å². The van der Waals surface area contributed by atoms with Crippen molar-refractivity contribution in [1.29, 1.82) is 5.26 Å². The predicted molar refractivity (Wildman–Crippen MR) is 231 cm³/mol. The zero-order chi connectivity index (χ0) is 37.2. The summed E-state index contributed by atoms with van der Waals surface area (Å²) in [4.78, 5) is 0. The van der Waals surface area contributed by atoms with Crippen LogP contribution < -0.4 is 0 Å². The van der Waals surface area contributed by atoms with Crippen LogP contribution in [0.4, 0.5) is 8.78 Å². The summed E-state index contributed by atoms with van der Waals surface area (Å²) in [5, 5.41) is 20.2. The lowest BCUT2D eigenvalue weighted by Crippen LogP contribution is -2.06. The van der Waals surface area contributed by atoms with Crippen LogP contribution in [0.3, 0.4) is 0 Å².